The molecule has 122 valence electrons. The minimum absolute atomic E-state index is 0.245. The summed E-state index contributed by atoms with van der Waals surface area (Å²) in [5, 5.41) is 0.792. The highest BCUT2D eigenvalue weighted by Gasteiger charge is 2.24. The van der Waals surface area contributed by atoms with Gasteiger partial charge in [-0.3, -0.25) is 4.90 Å². The lowest BCUT2D eigenvalue weighted by molar-refractivity contribution is 0.0712. The molecule has 2 aliphatic rings. The van der Waals surface area contributed by atoms with E-state index in [1.807, 2.05) is 0 Å². The van der Waals surface area contributed by atoms with E-state index < -0.39 is 0 Å². The molecule has 3 heterocycles. The number of ether oxygens (including phenoxy) is 1. The Balaban J connectivity index is 1.47. The molecular formula is C17H21FN4O. The number of hydrogen-bond donors (Lipinski definition) is 0. The van der Waals surface area contributed by atoms with E-state index in [2.05, 4.69) is 19.8 Å². The summed E-state index contributed by atoms with van der Waals surface area (Å²) in [4.78, 5) is 13.3. The second-order valence-electron chi connectivity index (χ2n) is 6.28. The highest BCUT2D eigenvalue weighted by molar-refractivity contribution is 5.89. The Labute approximate surface area is 135 Å². The molecule has 0 radical (unpaired) electrons. The predicted molar refractivity (Wildman–Crippen MR) is 87.1 cm³/mol. The second kappa shape index (κ2) is 6.37. The van der Waals surface area contributed by atoms with Crippen LogP contribution in [-0.2, 0) is 4.74 Å². The Morgan fingerprint density at radius 1 is 1.17 bits per heavy atom. The van der Waals surface area contributed by atoms with Crippen LogP contribution in [0.3, 0.4) is 0 Å². The fourth-order valence-corrected chi connectivity index (χ4v) is 3.49. The van der Waals surface area contributed by atoms with Gasteiger partial charge in [0.15, 0.2) is 0 Å². The van der Waals surface area contributed by atoms with Gasteiger partial charge in [-0.15, -0.1) is 0 Å². The molecule has 0 spiro atoms. The van der Waals surface area contributed by atoms with Crippen molar-refractivity contribution in [3.05, 3.63) is 30.3 Å². The highest BCUT2D eigenvalue weighted by Crippen LogP contribution is 2.25. The maximum Gasteiger partial charge on any atom is 0.140 e. The molecule has 0 unspecified atom stereocenters. The summed E-state index contributed by atoms with van der Waals surface area (Å²) in [7, 11) is 0. The van der Waals surface area contributed by atoms with Crippen molar-refractivity contribution in [2.24, 2.45) is 0 Å². The van der Waals surface area contributed by atoms with Crippen molar-refractivity contribution in [3.63, 3.8) is 0 Å². The molecule has 1 aromatic heterocycles. The number of benzene rings is 1. The van der Waals surface area contributed by atoms with E-state index in [9.17, 15) is 4.39 Å². The standard InChI is InChI=1S/C17H21FN4O/c18-13-3-4-16-15(10-13)17(20-12-19-16)22-7-5-21(6-8-22)11-14-2-1-9-23-14/h3-4,10,12,14H,1-2,5-9,11H2/t14-/m0/s1. The van der Waals surface area contributed by atoms with E-state index in [4.69, 9.17) is 4.74 Å². The van der Waals surface area contributed by atoms with Gasteiger partial charge in [-0.25, -0.2) is 14.4 Å². The Hall–Kier alpha value is -1.79. The average molecular weight is 316 g/mol. The van der Waals surface area contributed by atoms with E-state index in [0.29, 0.717) is 6.10 Å². The molecule has 0 amide bonds. The normalized spacial score (nSPS) is 22.8. The third kappa shape index (κ3) is 3.14. The molecule has 5 nitrogen and oxygen atoms in total. The largest absolute Gasteiger partial charge is 0.377 e. The first-order chi connectivity index (χ1) is 11.3. The van der Waals surface area contributed by atoms with E-state index in [0.717, 1.165) is 56.1 Å². The van der Waals surface area contributed by atoms with Crippen LogP contribution in [0.4, 0.5) is 10.2 Å². The van der Waals surface area contributed by atoms with Crippen LogP contribution in [0.25, 0.3) is 10.9 Å². The lowest BCUT2D eigenvalue weighted by Gasteiger charge is -2.36. The van der Waals surface area contributed by atoms with Gasteiger partial charge in [-0.2, -0.15) is 0 Å². The predicted octanol–water partition coefficient (Wildman–Crippen LogP) is 2.07. The van der Waals surface area contributed by atoms with Crippen molar-refractivity contribution in [2.45, 2.75) is 18.9 Å². The number of hydrogen-bond acceptors (Lipinski definition) is 5. The van der Waals surface area contributed by atoms with Crippen LogP contribution in [-0.4, -0.2) is 60.3 Å². The van der Waals surface area contributed by atoms with Gasteiger partial charge in [-0.05, 0) is 31.0 Å². The molecule has 2 saturated heterocycles. The average Bonchev–Trinajstić information content (AvgIpc) is 3.08. The quantitative estimate of drug-likeness (QED) is 0.867. The molecule has 6 heteroatoms. The van der Waals surface area contributed by atoms with Crippen molar-refractivity contribution in [2.75, 3.05) is 44.2 Å². The fraction of sp³-hybridized carbons (Fsp3) is 0.529. The highest BCUT2D eigenvalue weighted by atomic mass is 19.1. The minimum atomic E-state index is -0.245. The lowest BCUT2D eigenvalue weighted by atomic mass is 10.2. The smallest absolute Gasteiger partial charge is 0.140 e. The molecule has 23 heavy (non-hydrogen) atoms. The summed E-state index contributed by atoms with van der Waals surface area (Å²) in [6, 6.07) is 4.69. The summed E-state index contributed by atoms with van der Waals surface area (Å²) < 4.78 is 19.3. The van der Waals surface area contributed by atoms with Crippen molar-refractivity contribution in [1.29, 1.82) is 0 Å². The Morgan fingerprint density at radius 3 is 2.83 bits per heavy atom. The zero-order chi connectivity index (χ0) is 15.6. The molecule has 1 atom stereocenters. The minimum Gasteiger partial charge on any atom is -0.377 e. The maximum absolute atomic E-state index is 13.6. The molecule has 0 saturated carbocycles. The summed E-state index contributed by atoms with van der Waals surface area (Å²) in [5.41, 5.74) is 0.790. The molecule has 2 fully saturated rings. The van der Waals surface area contributed by atoms with Gasteiger partial charge in [0.2, 0.25) is 0 Å². The molecule has 2 aliphatic heterocycles. The van der Waals surface area contributed by atoms with Gasteiger partial charge in [0, 0.05) is 44.7 Å². The number of nitrogens with zero attached hydrogens (tertiary/aromatic N) is 4. The molecule has 0 N–H and O–H groups in total. The van der Waals surface area contributed by atoms with E-state index in [1.165, 1.54) is 25.0 Å². The van der Waals surface area contributed by atoms with Gasteiger partial charge in [0.25, 0.3) is 0 Å². The topological polar surface area (TPSA) is 41.5 Å². The maximum atomic E-state index is 13.6. The van der Waals surface area contributed by atoms with Crippen LogP contribution in [0.2, 0.25) is 0 Å². The van der Waals surface area contributed by atoms with Crippen LogP contribution in [0.1, 0.15) is 12.8 Å². The summed E-state index contributed by atoms with van der Waals surface area (Å²) in [6.45, 7) is 5.70. The number of rotatable bonds is 3. The monoisotopic (exact) mass is 316 g/mol. The first-order valence-corrected chi connectivity index (χ1v) is 8.29. The number of fused-ring (bicyclic) bond motifs is 1. The summed E-state index contributed by atoms with van der Waals surface area (Å²) >= 11 is 0. The third-order valence-electron chi connectivity index (χ3n) is 4.73. The van der Waals surface area contributed by atoms with Crippen molar-refractivity contribution in [3.8, 4) is 0 Å². The molecule has 4 rings (SSSR count). The van der Waals surface area contributed by atoms with E-state index in [1.54, 1.807) is 12.4 Å². The fourth-order valence-electron chi connectivity index (χ4n) is 3.49. The number of anilines is 1. The summed E-state index contributed by atoms with van der Waals surface area (Å²) in [5.74, 6) is 0.594. The Morgan fingerprint density at radius 2 is 2.04 bits per heavy atom. The molecule has 2 aromatic rings. The zero-order valence-corrected chi connectivity index (χ0v) is 13.1. The lowest BCUT2D eigenvalue weighted by Crippen LogP contribution is -2.48. The van der Waals surface area contributed by atoms with Crippen LogP contribution in [0.5, 0.6) is 0 Å². The van der Waals surface area contributed by atoms with Gasteiger partial charge in [0.1, 0.15) is 18.0 Å². The van der Waals surface area contributed by atoms with Crippen LogP contribution < -0.4 is 4.90 Å². The van der Waals surface area contributed by atoms with Gasteiger partial charge in [-0.1, -0.05) is 0 Å². The Bertz CT molecular complexity index is 681. The van der Waals surface area contributed by atoms with Crippen LogP contribution >= 0.6 is 0 Å². The van der Waals surface area contributed by atoms with Crippen LogP contribution in [0, 0.1) is 5.82 Å². The van der Waals surface area contributed by atoms with Gasteiger partial charge >= 0.3 is 0 Å². The molecular weight excluding hydrogens is 295 g/mol. The van der Waals surface area contributed by atoms with Crippen LogP contribution in [0.15, 0.2) is 24.5 Å². The number of halogens is 1. The van der Waals surface area contributed by atoms with E-state index >= 15 is 0 Å². The van der Waals surface area contributed by atoms with Gasteiger partial charge in [0.05, 0.1) is 11.6 Å². The van der Waals surface area contributed by atoms with Crippen molar-refractivity contribution >= 4 is 16.7 Å². The third-order valence-corrected chi connectivity index (χ3v) is 4.73. The number of aromatic nitrogens is 2. The summed E-state index contributed by atoms with van der Waals surface area (Å²) in [6.07, 6.45) is 4.32. The van der Waals surface area contributed by atoms with E-state index in [-0.39, 0.29) is 5.82 Å². The zero-order valence-electron chi connectivity index (χ0n) is 13.1. The van der Waals surface area contributed by atoms with Crippen molar-refractivity contribution in [1.82, 2.24) is 14.9 Å². The van der Waals surface area contributed by atoms with Gasteiger partial charge < -0.3 is 9.64 Å². The number of piperazine rings is 1. The molecule has 0 bridgehead atoms. The molecule has 1 aromatic carbocycles. The molecule has 0 aliphatic carbocycles. The Kier molecular flexibility index (Phi) is 4.10. The first-order valence-electron chi connectivity index (χ1n) is 8.29. The van der Waals surface area contributed by atoms with Crippen molar-refractivity contribution < 1.29 is 9.13 Å². The SMILES string of the molecule is Fc1ccc2ncnc(N3CCN(C[C@@H]4CCCO4)CC3)c2c1. The first kappa shape index (κ1) is 14.8. The second-order valence-corrected chi connectivity index (χ2v) is 6.28.